The lowest BCUT2D eigenvalue weighted by molar-refractivity contribution is 0.102. The smallest absolute Gasteiger partial charge is 0.259 e. The first kappa shape index (κ1) is 12.8. The average Bonchev–Trinajstić information content (AvgIpc) is 2.33. The van der Waals surface area contributed by atoms with Crippen molar-refractivity contribution in [3.8, 4) is 5.75 Å². The SMILES string of the molecule is Cc1ccc(O)c(NC(=O)c2ccc(N)cc2F)n1. The van der Waals surface area contributed by atoms with Gasteiger partial charge in [-0.2, -0.15) is 0 Å². The third kappa shape index (κ3) is 2.79. The highest BCUT2D eigenvalue weighted by atomic mass is 19.1. The zero-order valence-corrected chi connectivity index (χ0v) is 10.1. The molecular weight excluding hydrogens is 249 g/mol. The molecule has 0 aliphatic rings. The molecule has 0 spiro atoms. The van der Waals surface area contributed by atoms with Crippen LogP contribution in [0.25, 0.3) is 0 Å². The summed E-state index contributed by atoms with van der Waals surface area (Å²) < 4.78 is 13.6. The summed E-state index contributed by atoms with van der Waals surface area (Å²) in [4.78, 5) is 15.8. The largest absolute Gasteiger partial charge is 0.504 e. The van der Waals surface area contributed by atoms with Crippen LogP contribution in [0.15, 0.2) is 30.3 Å². The number of aromatic nitrogens is 1. The van der Waals surface area contributed by atoms with Crippen LogP contribution < -0.4 is 11.1 Å². The quantitative estimate of drug-likeness (QED) is 0.722. The molecule has 2 aromatic rings. The molecule has 0 aliphatic heterocycles. The number of carbonyl (C=O) groups excluding carboxylic acids is 1. The Labute approximate surface area is 108 Å². The molecule has 1 heterocycles. The molecule has 0 bridgehead atoms. The molecule has 0 saturated carbocycles. The van der Waals surface area contributed by atoms with Crippen molar-refractivity contribution in [2.45, 2.75) is 6.92 Å². The molecule has 0 radical (unpaired) electrons. The maximum absolute atomic E-state index is 13.6. The van der Waals surface area contributed by atoms with Crippen LogP contribution in [-0.2, 0) is 0 Å². The molecular formula is C13H12FN3O2. The average molecular weight is 261 g/mol. The number of anilines is 2. The fourth-order valence-electron chi connectivity index (χ4n) is 1.53. The summed E-state index contributed by atoms with van der Waals surface area (Å²) in [7, 11) is 0. The number of hydrogen-bond donors (Lipinski definition) is 3. The van der Waals surface area contributed by atoms with Crippen molar-refractivity contribution >= 4 is 17.4 Å². The number of amides is 1. The molecule has 1 amide bonds. The summed E-state index contributed by atoms with van der Waals surface area (Å²) in [6.07, 6.45) is 0. The van der Waals surface area contributed by atoms with Gasteiger partial charge in [0.2, 0.25) is 0 Å². The van der Waals surface area contributed by atoms with E-state index in [2.05, 4.69) is 10.3 Å². The van der Waals surface area contributed by atoms with Crippen molar-refractivity contribution in [3.05, 3.63) is 47.4 Å². The van der Waals surface area contributed by atoms with Crippen LogP contribution in [0.1, 0.15) is 16.1 Å². The van der Waals surface area contributed by atoms with E-state index < -0.39 is 11.7 Å². The van der Waals surface area contributed by atoms with Crippen LogP contribution in [0.3, 0.4) is 0 Å². The minimum atomic E-state index is -0.732. The lowest BCUT2D eigenvalue weighted by Gasteiger charge is -2.08. The second-order valence-electron chi connectivity index (χ2n) is 4.01. The molecule has 0 unspecified atom stereocenters. The molecule has 5 nitrogen and oxygen atoms in total. The number of nitrogens with zero attached hydrogens (tertiary/aromatic N) is 1. The molecule has 6 heteroatoms. The Hall–Kier alpha value is -2.63. The third-order valence-electron chi connectivity index (χ3n) is 2.48. The minimum Gasteiger partial charge on any atom is -0.504 e. The summed E-state index contributed by atoms with van der Waals surface area (Å²) in [5, 5.41) is 11.9. The van der Waals surface area contributed by atoms with E-state index in [9.17, 15) is 14.3 Å². The van der Waals surface area contributed by atoms with E-state index >= 15 is 0 Å². The van der Waals surface area contributed by atoms with Crippen LogP contribution in [0.5, 0.6) is 5.75 Å². The molecule has 19 heavy (non-hydrogen) atoms. The lowest BCUT2D eigenvalue weighted by Crippen LogP contribution is -2.15. The molecule has 0 aliphatic carbocycles. The number of aromatic hydroxyl groups is 1. The topological polar surface area (TPSA) is 88.2 Å². The van der Waals surface area contributed by atoms with Gasteiger partial charge in [-0.3, -0.25) is 4.79 Å². The second kappa shape index (κ2) is 4.93. The second-order valence-corrected chi connectivity index (χ2v) is 4.01. The zero-order chi connectivity index (χ0) is 14.0. The Balaban J connectivity index is 2.28. The van der Waals surface area contributed by atoms with Crippen molar-refractivity contribution in [1.29, 1.82) is 0 Å². The number of nitrogens with one attached hydrogen (secondary N) is 1. The Morgan fingerprint density at radius 3 is 2.79 bits per heavy atom. The lowest BCUT2D eigenvalue weighted by atomic mass is 10.2. The normalized spacial score (nSPS) is 10.2. The predicted octanol–water partition coefficient (Wildman–Crippen LogP) is 2.07. The first-order valence-electron chi connectivity index (χ1n) is 5.50. The summed E-state index contributed by atoms with van der Waals surface area (Å²) >= 11 is 0. The van der Waals surface area contributed by atoms with Gasteiger partial charge in [-0.15, -0.1) is 0 Å². The first-order valence-corrected chi connectivity index (χ1v) is 5.50. The molecule has 0 fully saturated rings. The Bertz CT molecular complexity index is 644. The summed E-state index contributed by atoms with van der Waals surface area (Å²) in [5.74, 6) is -1.63. The fourth-order valence-corrected chi connectivity index (χ4v) is 1.53. The molecule has 0 saturated heterocycles. The van der Waals surface area contributed by atoms with Gasteiger partial charge >= 0.3 is 0 Å². The van der Waals surface area contributed by atoms with Crippen molar-refractivity contribution in [2.24, 2.45) is 0 Å². The maximum Gasteiger partial charge on any atom is 0.259 e. The van der Waals surface area contributed by atoms with E-state index in [0.717, 1.165) is 6.07 Å². The van der Waals surface area contributed by atoms with Gasteiger partial charge in [-0.05, 0) is 37.3 Å². The van der Waals surface area contributed by atoms with Gasteiger partial charge in [-0.25, -0.2) is 9.37 Å². The monoisotopic (exact) mass is 261 g/mol. The van der Waals surface area contributed by atoms with Gasteiger partial charge in [0.05, 0.1) is 5.56 Å². The predicted molar refractivity (Wildman–Crippen MR) is 69.4 cm³/mol. The van der Waals surface area contributed by atoms with E-state index in [1.807, 2.05) is 0 Å². The molecule has 1 aromatic carbocycles. The maximum atomic E-state index is 13.6. The molecule has 0 atom stereocenters. The molecule has 2 rings (SSSR count). The Kier molecular flexibility index (Phi) is 3.33. The van der Waals surface area contributed by atoms with Crippen molar-refractivity contribution in [2.75, 3.05) is 11.1 Å². The highest BCUT2D eigenvalue weighted by Crippen LogP contribution is 2.21. The van der Waals surface area contributed by atoms with Crippen molar-refractivity contribution in [1.82, 2.24) is 4.98 Å². The third-order valence-corrected chi connectivity index (χ3v) is 2.48. The van der Waals surface area contributed by atoms with Gasteiger partial charge in [-0.1, -0.05) is 0 Å². The Morgan fingerprint density at radius 1 is 1.37 bits per heavy atom. The Morgan fingerprint density at radius 2 is 2.11 bits per heavy atom. The van der Waals surface area contributed by atoms with Gasteiger partial charge < -0.3 is 16.2 Å². The van der Waals surface area contributed by atoms with Crippen molar-refractivity contribution in [3.63, 3.8) is 0 Å². The summed E-state index contributed by atoms with van der Waals surface area (Å²) in [6.45, 7) is 1.71. The van der Waals surface area contributed by atoms with Crippen molar-refractivity contribution < 1.29 is 14.3 Å². The van der Waals surface area contributed by atoms with E-state index in [4.69, 9.17) is 5.73 Å². The number of halogens is 1. The standard InChI is InChI=1S/C13H12FN3O2/c1-7-2-5-11(18)12(16-7)17-13(19)9-4-3-8(15)6-10(9)14/h2-6,18H,15H2,1H3,(H,16,17,19). The number of hydrogen-bond acceptors (Lipinski definition) is 4. The number of pyridine rings is 1. The number of benzene rings is 1. The van der Waals surface area contributed by atoms with E-state index in [0.29, 0.717) is 5.69 Å². The van der Waals surface area contributed by atoms with Crippen LogP contribution in [0, 0.1) is 12.7 Å². The summed E-state index contributed by atoms with van der Waals surface area (Å²) in [5.41, 5.74) is 6.07. The molecule has 98 valence electrons. The highest BCUT2D eigenvalue weighted by Gasteiger charge is 2.14. The highest BCUT2D eigenvalue weighted by molar-refractivity contribution is 6.04. The molecule has 1 aromatic heterocycles. The fraction of sp³-hybridized carbons (Fsp3) is 0.0769. The van der Waals surface area contributed by atoms with E-state index in [1.54, 1.807) is 13.0 Å². The van der Waals surface area contributed by atoms with Gasteiger partial charge in [0, 0.05) is 11.4 Å². The first-order chi connectivity index (χ1) is 8.97. The van der Waals surface area contributed by atoms with E-state index in [1.165, 1.54) is 18.2 Å². The van der Waals surface area contributed by atoms with Crippen LogP contribution in [-0.4, -0.2) is 16.0 Å². The van der Waals surface area contributed by atoms with Gasteiger partial charge in [0.15, 0.2) is 11.6 Å². The van der Waals surface area contributed by atoms with Gasteiger partial charge in [0.25, 0.3) is 5.91 Å². The van der Waals surface area contributed by atoms with Crippen LogP contribution >= 0.6 is 0 Å². The number of rotatable bonds is 2. The number of aryl methyl sites for hydroxylation is 1. The van der Waals surface area contributed by atoms with Crippen LogP contribution in [0.4, 0.5) is 15.9 Å². The van der Waals surface area contributed by atoms with E-state index in [-0.39, 0.29) is 22.8 Å². The number of nitrogen functional groups attached to an aromatic ring is 1. The van der Waals surface area contributed by atoms with Crippen LogP contribution in [0.2, 0.25) is 0 Å². The molecule has 4 N–H and O–H groups in total. The number of nitrogens with two attached hydrogens (primary N) is 1. The summed E-state index contributed by atoms with van der Waals surface area (Å²) in [6, 6.07) is 6.74. The minimum absolute atomic E-state index is 0.0128. The zero-order valence-electron chi connectivity index (χ0n) is 10.1. The van der Waals surface area contributed by atoms with Gasteiger partial charge in [0.1, 0.15) is 5.82 Å². The number of carbonyl (C=O) groups is 1.